The largest absolute Gasteiger partial charge is 0.481 e. The molecule has 25 heavy (non-hydrogen) atoms. The predicted octanol–water partition coefficient (Wildman–Crippen LogP) is 3.25. The van der Waals surface area contributed by atoms with Crippen LogP contribution >= 0.6 is 0 Å². The number of hydrogen-bond donors (Lipinski definition) is 1. The molecule has 2 atom stereocenters. The number of rotatable bonds is 5. The Labute approximate surface area is 148 Å². The number of carbonyl (C=O) groups is 2. The minimum absolute atomic E-state index is 0.0335. The standard InChI is InChI=1S/C21H23NO3/c1-15-6-5-7-16(12-15)10-11-20(23)22-13-18(19(14-22)21(24)25)17-8-3-2-4-9-17/h2-9,12,18-19H,10-11,13-14H2,1H3,(H,24,25). The van der Waals surface area contributed by atoms with Gasteiger partial charge in [-0.05, 0) is 24.5 Å². The zero-order valence-electron chi connectivity index (χ0n) is 14.4. The third-order valence-corrected chi connectivity index (χ3v) is 4.93. The van der Waals surface area contributed by atoms with E-state index in [1.807, 2.05) is 55.5 Å². The number of hydrogen-bond acceptors (Lipinski definition) is 2. The van der Waals surface area contributed by atoms with Gasteiger partial charge in [0.15, 0.2) is 0 Å². The first-order valence-corrected chi connectivity index (χ1v) is 8.65. The normalized spacial score (nSPS) is 19.8. The molecule has 1 amide bonds. The molecule has 3 rings (SSSR count). The molecular weight excluding hydrogens is 314 g/mol. The Balaban J connectivity index is 1.66. The van der Waals surface area contributed by atoms with Gasteiger partial charge in [0.25, 0.3) is 0 Å². The summed E-state index contributed by atoms with van der Waals surface area (Å²) in [5.41, 5.74) is 3.31. The Morgan fingerprint density at radius 3 is 2.52 bits per heavy atom. The number of aliphatic carboxylic acids is 1. The second-order valence-electron chi connectivity index (χ2n) is 6.75. The van der Waals surface area contributed by atoms with Crippen molar-refractivity contribution in [1.82, 2.24) is 4.90 Å². The summed E-state index contributed by atoms with van der Waals surface area (Å²) >= 11 is 0. The summed E-state index contributed by atoms with van der Waals surface area (Å²) in [6.45, 7) is 2.81. The average Bonchev–Trinajstić information content (AvgIpc) is 3.06. The number of carboxylic acid groups (broad SMARTS) is 1. The second kappa shape index (κ2) is 7.51. The monoisotopic (exact) mass is 337 g/mol. The van der Waals surface area contributed by atoms with E-state index in [2.05, 4.69) is 6.07 Å². The molecule has 130 valence electrons. The fourth-order valence-corrected chi connectivity index (χ4v) is 3.57. The summed E-state index contributed by atoms with van der Waals surface area (Å²) in [4.78, 5) is 25.9. The molecule has 4 nitrogen and oxygen atoms in total. The van der Waals surface area contributed by atoms with E-state index < -0.39 is 11.9 Å². The lowest BCUT2D eigenvalue weighted by molar-refractivity contribution is -0.141. The van der Waals surface area contributed by atoms with Crippen molar-refractivity contribution in [3.05, 3.63) is 71.3 Å². The third-order valence-electron chi connectivity index (χ3n) is 4.93. The van der Waals surface area contributed by atoms with Gasteiger partial charge in [0.05, 0.1) is 5.92 Å². The maximum atomic E-state index is 12.6. The lowest BCUT2D eigenvalue weighted by Gasteiger charge is -2.16. The SMILES string of the molecule is Cc1cccc(CCC(=O)N2CC(C(=O)O)C(c3ccccc3)C2)c1. The summed E-state index contributed by atoms with van der Waals surface area (Å²) < 4.78 is 0. The van der Waals surface area contributed by atoms with Crippen molar-refractivity contribution >= 4 is 11.9 Å². The number of aryl methyl sites for hydroxylation is 2. The summed E-state index contributed by atoms with van der Waals surface area (Å²) in [7, 11) is 0. The predicted molar refractivity (Wildman–Crippen MR) is 96.4 cm³/mol. The Morgan fingerprint density at radius 2 is 1.84 bits per heavy atom. The van der Waals surface area contributed by atoms with Crippen molar-refractivity contribution < 1.29 is 14.7 Å². The topological polar surface area (TPSA) is 57.6 Å². The van der Waals surface area contributed by atoms with E-state index in [4.69, 9.17) is 0 Å². The molecule has 1 aliphatic heterocycles. The van der Waals surface area contributed by atoms with Gasteiger partial charge in [-0.3, -0.25) is 9.59 Å². The van der Waals surface area contributed by atoms with Crippen LogP contribution in [0.5, 0.6) is 0 Å². The lowest BCUT2D eigenvalue weighted by Crippen LogP contribution is -2.30. The lowest BCUT2D eigenvalue weighted by atomic mass is 9.89. The quantitative estimate of drug-likeness (QED) is 0.911. The summed E-state index contributed by atoms with van der Waals surface area (Å²) in [6.07, 6.45) is 1.10. The van der Waals surface area contributed by atoms with Gasteiger partial charge in [-0.25, -0.2) is 0 Å². The van der Waals surface area contributed by atoms with E-state index in [0.29, 0.717) is 25.9 Å². The fraction of sp³-hybridized carbons (Fsp3) is 0.333. The van der Waals surface area contributed by atoms with Crippen molar-refractivity contribution in [3.63, 3.8) is 0 Å². The minimum Gasteiger partial charge on any atom is -0.481 e. The molecule has 2 unspecified atom stereocenters. The Hall–Kier alpha value is -2.62. The van der Waals surface area contributed by atoms with Crippen LogP contribution in [0.3, 0.4) is 0 Å². The molecule has 4 heteroatoms. The molecule has 2 aromatic carbocycles. The van der Waals surface area contributed by atoms with Crippen LogP contribution in [-0.2, 0) is 16.0 Å². The molecule has 0 bridgehead atoms. The maximum absolute atomic E-state index is 12.6. The van der Waals surface area contributed by atoms with Crippen LogP contribution in [-0.4, -0.2) is 35.0 Å². The molecule has 0 aliphatic carbocycles. The summed E-state index contributed by atoms with van der Waals surface area (Å²) in [5, 5.41) is 9.55. The molecule has 1 aliphatic rings. The van der Waals surface area contributed by atoms with Crippen molar-refractivity contribution in [2.45, 2.75) is 25.7 Å². The minimum atomic E-state index is -0.831. The van der Waals surface area contributed by atoms with Crippen molar-refractivity contribution in [2.24, 2.45) is 5.92 Å². The first-order valence-electron chi connectivity index (χ1n) is 8.65. The number of likely N-dealkylation sites (tertiary alicyclic amines) is 1. The molecule has 1 heterocycles. The van der Waals surface area contributed by atoms with Gasteiger partial charge in [0.2, 0.25) is 5.91 Å². The fourth-order valence-electron chi connectivity index (χ4n) is 3.57. The van der Waals surface area contributed by atoms with Gasteiger partial charge in [-0.1, -0.05) is 60.2 Å². The van der Waals surface area contributed by atoms with E-state index in [1.54, 1.807) is 4.90 Å². The first kappa shape index (κ1) is 17.2. The molecule has 0 aromatic heterocycles. The van der Waals surface area contributed by atoms with Gasteiger partial charge in [-0.2, -0.15) is 0 Å². The first-order chi connectivity index (χ1) is 12.0. The highest BCUT2D eigenvalue weighted by Crippen LogP contribution is 2.33. The molecule has 1 fully saturated rings. The zero-order valence-corrected chi connectivity index (χ0v) is 14.4. The molecule has 2 aromatic rings. The smallest absolute Gasteiger partial charge is 0.308 e. The van der Waals surface area contributed by atoms with Crippen molar-refractivity contribution in [1.29, 1.82) is 0 Å². The van der Waals surface area contributed by atoms with Crippen LogP contribution in [0.4, 0.5) is 0 Å². The molecular formula is C21H23NO3. The van der Waals surface area contributed by atoms with Crippen LogP contribution in [0.2, 0.25) is 0 Å². The van der Waals surface area contributed by atoms with E-state index in [-0.39, 0.29) is 11.8 Å². The molecule has 0 spiro atoms. The highest BCUT2D eigenvalue weighted by Gasteiger charge is 2.40. The van der Waals surface area contributed by atoms with E-state index in [9.17, 15) is 14.7 Å². The van der Waals surface area contributed by atoms with Gasteiger partial charge >= 0.3 is 5.97 Å². The van der Waals surface area contributed by atoms with Gasteiger partial charge in [0.1, 0.15) is 0 Å². The number of carbonyl (C=O) groups excluding carboxylic acids is 1. The van der Waals surface area contributed by atoms with E-state index in [0.717, 1.165) is 11.1 Å². The average molecular weight is 337 g/mol. The second-order valence-corrected chi connectivity index (χ2v) is 6.75. The number of amides is 1. The van der Waals surface area contributed by atoms with E-state index >= 15 is 0 Å². The van der Waals surface area contributed by atoms with Crippen molar-refractivity contribution in [2.75, 3.05) is 13.1 Å². The van der Waals surface area contributed by atoms with Crippen molar-refractivity contribution in [3.8, 4) is 0 Å². The molecule has 1 N–H and O–H groups in total. The number of carboxylic acids is 1. The summed E-state index contributed by atoms with van der Waals surface area (Å²) in [6, 6.07) is 17.8. The van der Waals surface area contributed by atoms with Crippen LogP contribution in [0, 0.1) is 12.8 Å². The highest BCUT2D eigenvalue weighted by molar-refractivity contribution is 5.79. The molecule has 1 saturated heterocycles. The van der Waals surface area contributed by atoms with Crippen LogP contribution in [0.15, 0.2) is 54.6 Å². The highest BCUT2D eigenvalue weighted by atomic mass is 16.4. The van der Waals surface area contributed by atoms with Crippen LogP contribution in [0.1, 0.15) is 29.0 Å². The number of nitrogens with zero attached hydrogens (tertiary/aromatic N) is 1. The zero-order chi connectivity index (χ0) is 17.8. The van der Waals surface area contributed by atoms with E-state index in [1.165, 1.54) is 5.56 Å². The Bertz CT molecular complexity index is 757. The molecule has 0 radical (unpaired) electrons. The molecule has 0 saturated carbocycles. The summed E-state index contributed by atoms with van der Waals surface area (Å²) in [5.74, 6) is -1.47. The number of benzene rings is 2. The Morgan fingerprint density at radius 1 is 1.08 bits per heavy atom. The van der Waals surface area contributed by atoms with Crippen LogP contribution in [0.25, 0.3) is 0 Å². The maximum Gasteiger partial charge on any atom is 0.308 e. The Kier molecular flexibility index (Phi) is 5.17. The third kappa shape index (κ3) is 4.08. The van der Waals surface area contributed by atoms with Gasteiger partial charge in [-0.15, -0.1) is 0 Å². The van der Waals surface area contributed by atoms with Crippen LogP contribution < -0.4 is 0 Å². The van der Waals surface area contributed by atoms with Gasteiger partial charge in [0, 0.05) is 25.4 Å². The van der Waals surface area contributed by atoms with Gasteiger partial charge < -0.3 is 10.0 Å².